The van der Waals surface area contributed by atoms with Crippen LogP contribution in [-0.2, 0) is 11.2 Å². The number of aromatic amines is 1. The number of methoxy groups -OCH3 is 1. The number of amides is 1. The molecule has 0 bridgehead atoms. The van der Waals surface area contributed by atoms with Crippen molar-refractivity contribution in [2.75, 3.05) is 7.11 Å². The molecule has 1 aromatic heterocycles. The fraction of sp³-hybridized carbons (Fsp3) is 0.312. The summed E-state index contributed by atoms with van der Waals surface area (Å²) in [6.07, 6.45) is 2.63. The number of hydrazone groups is 1. The predicted octanol–water partition coefficient (Wildman–Crippen LogP) is 2.12. The van der Waals surface area contributed by atoms with Crippen molar-refractivity contribution in [2.24, 2.45) is 5.10 Å². The molecule has 0 unspecified atom stereocenters. The molecule has 0 spiro atoms. The van der Waals surface area contributed by atoms with E-state index in [0.717, 1.165) is 28.3 Å². The Morgan fingerprint density at radius 3 is 2.68 bits per heavy atom. The van der Waals surface area contributed by atoms with Crippen LogP contribution in [0, 0.1) is 13.8 Å². The fourth-order valence-corrected chi connectivity index (χ4v) is 2.11. The summed E-state index contributed by atoms with van der Waals surface area (Å²) in [6, 6.07) is 7.42. The minimum absolute atomic E-state index is 0.121. The molecule has 0 saturated heterocycles. The standard InChI is InChI=1S/C16H20N4O2/c1-11-15(12(2)19-18-11)8-9-16(21)20-17-10-13-4-6-14(22-3)7-5-13/h4-7,10H,8-9H2,1-3H3,(H,18,19)(H,20,21). The molecule has 116 valence electrons. The first-order chi connectivity index (χ1) is 10.6. The van der Waals surface area contributed by atoms with E-state index in [1.807, 2.05) is 38.1 Å². The number of H-pyrrole nitrogens is 1. The first-order valence-corrected chi connectivity index (χ1v) is 7.06. The van der Waals surface area contributed by atoms with Crippen molar-refractivity contribution in [3.63, 3.8) is 0 Å². The van der Waals surface area contributed by atoms with Gasteiger partial charge in [-0.05, 0) is 55.7 Å². The van der Waals surface area contributed by atoms with Gasteiger partial charge in [0, 0.05) is 12.1 Å². The van der Waals surface area contributed by atoms with Crippen molar-refractivity contribution in [3.05, 3.63) is 46.8 Å². The van der Waals surface area contributed by atoms with E-state index < -0.39 is 0 Å². The molecule has 0 atom stereocenters. The van der Waals surface area contributed by atoms with Crippen LogP contribution < -0.4 is 10.2 Å². The Morgan fingerprint density at radius 1 is 1.36 bits per heavy atom. The second-order valence-corrected chi connectivity index (χ2v) is 4.98. The average Bonchev–Trinajstić information content (AvgIpc) is 2.84. The van der Waals surface area contributed by atoms with Crippen LogP contribution >= 0.6 is 0 Å². The molecule has 0 aliphatic rings. The van der Waals surface area contributed by atoms with Gasteiger partial charge in [0.15, 0.2) is 0 Å². The van der Waals surface area contributed by atoms with Crippen LogP contribution in [-0.4, -0.2) is 29.4 Å². The second kappa shape index (κ2) is 7.40. The van der Waals surface area contributed by atoms with Gasteiger partial charge in [0.25, 0.3) is 0 Å². The lowest BCUT2D eigenvalue weighted by Gasteiger charge is -2.01. The molecule has 2 N–H and O–H groups in total. The minimum Gasteiger partial charge on any atom is -0.497 e. The zero-order valence-electron chi connectivity index (χ0n) is 13.0. The highest BCUT2D eigenvalue weighted by atomic mass is 16.5. The molecule has 0 aliphatic carbocycles. The first kappa shape index (κ1) is 15.8. The summed E-state index contributed by atoms with van der Waals surface area (Å²) >= 11 is 0. The van der Waals surface area contributed by atoms with Gasteiger partial charge in [0.1, 0.15) is 5.75 Å². The lowest BCUT2D eigenvalue weighted by atomic mass is 10.1. The number of carbonyl (C=O) groups excluding carboxylic acids is 1. The molecule has 2 rings (SSSR count). The molecule has 22 heavy (non-hydrogen) atoms. The molecule has 6 nitrogen and oxygen atoms in total. The number of aromatic nitrogens is 2. The number of hydrogen-bond acceptors (Lipinski definition) is 4. The van der Waals surface area contributed by atoms with Gasteiger partial charge in [-0.25, -0.2) is 5.43 Å². The molecule has 1 amide bonds. The Morgan fingerprint density at radius 2 is 2.09 bits per heavy atom. The highest BCUT2D eigenvalue weighted by Crippen LogP contribution is 2.11. The lowest BCUT2D eigenvalue weighted by Crippen LogP contribution is -2.18. The summed E-state index contributed by atoms with van der Waals surface area (Å²) in [5, 5.41) is 11.0. The van der Waals surface area contributed by atoms with Gasteiger partial charge < -0.3 is 4.74 Å². The van der Waals surface area contributed by atoms with Gasteiger partial charge in [-0.3, -0.25) is 9.89 Å². The molecule has 0 aliphatic heterocycles. The second-order valence-electron chi connectivity index (χ2n) is 4.98. The summed E-state index contributed by atoms with van der Waals surface area (Å²) < 4.78 is 5.08. The predicted molar refractivity (Wildman–Crippen MR) is 85.1 cm³/mol. The van der Waals surface area contributed by atoms with E-state index in [-0.39, 0.29) is 5.91 Å². The number of nitrogens with one attached hydrogen (secondary N) is 2. The number of carbonyl (C=O) groups is 1. The number of benzene rings is 1. The number of rotatable bonds is 6. The smallest absolute Gasteiger partial charge is 0.240 e. The van der Waals surface area contributed by atoms with E-state index in [9.17, 15) is 4.79 Å². The van der Waals surface area contributed by atoms with Crippen molar-refractivity contribution in [3.8, 4) is 5.75 Å². The maximum absolute atomic E-state index is 11.8. The molecule has 1 aromatic carbocycles. The van der Waals surface area contributed by atoms with Gasteiger partial charge in [-0.2, -0.15) is 10.2 Å². The SMILES string of the molecule is COc1ccc(C=NNC(=O)CCc2c(C)n[nH]c2C)cc1. The van der Waals surface area contributed by atoms with E-state index in [1.165, 1.54) is 0 Å². The van der Waals surface area contributed by atoms with Crippen molar-refractivity contribution < 1.29 is 9.53 Å². The van der Waals surface area contributed by atoms with Gasteiger partial charge in [0.2, 0.25) is 5.91 Å². The minimum atomic E-state index is -0.121. The highest BCUT2D eigenvalue weighted by Gasteiger charge is 2.08. The molecule has 0 saturated carbocycles. The van der Waals surface area contributed by atoms with Crippen molar-refractivity contribution in [2.45, 2.75) is 26.7 Å². The van der Waals surface area contributed by atoms with Gasteiger partial charge >= 0.3 is 0 Å². The Bertz CT molecular complexity index is 640. The molecule has 0 fully saturated rings. The zero-order chi connectivity index (χ0) is 15.9. The maximum atomic E-state index is 11.8. The average molecular weight is 300 g/mol. The van der Waals surface area contributed by atoms with Crippen molar-refractivity contribution in [1.29, 1.82) is 0 Å². The lowest BCUT2D eigenvalue weighted by molar-refractivity contribution is -0.121. The Kier molecular flexibility index (Phi) is 5.30. The van der Waals surface area contributed by atoms with E-state index in [2.05, 4.69) is 20.7 Å². The highest BCUT2D eigenvalue weighted by molar-refractivity contribution is 5.82. The van der Waals surface area contributed by atoms with Crippen LogP contribution in [0.5, 0.6) is 5.75 Å². The summed E-state index contributed by atoms with van der Waals surface area (Å²) in [4.78, 5) is 11.8. The first-order valence-electron chi connectivity index (χ1n) is 7.06. The summed E-state index contributed by atoms with van der Waals surface area (Å²) in [7, 11) is 1.62. The van der Waals surface area contributed by atoms with Gasteiger partial charge in [0.05, 0.1) is 19.0 Å². The topological polar surface area (TPSA) is 79.4 Å². The third-order valence-corrected chi connectivity index (χ3v) is 3.40. The zero-order valence-corrected chi connectivity index (χ0v) is 13.0. The van der Waals surface area contributed by atoms with E-state index in [4.69, 9.17) is 4.74 Å². The van der Waals surface area contributed by atoms with Crippen molar-refractivity contribution >= 4 is 12.1 Å². The Balaban J connectivity index is 1.81. The number of aryl methyl sites for hydroxylation is 2. The molecule has 1 heterocycles. The number of nitrogens with zero attached hydrogens (tertiary/aromatic N) is 2. The summed E-state index contributed by atoms with van der Waals surface area (Å²) in [5.74, 6) is 0.664. The summed E-state index contributed by atoms with van der Waals surface area (Å²) in [5.41, 5.74) is 6.46. The fourth-order valence-electron chi connectivity index (χ4n) is 2.11. The monoisotopic (exact) mass is 300 g/mol. The molecule has 6 heteroatoms. The number of hydrogen-bond donors (Lipinski definition) is 2. The number of ether oxygens (including phenoxy) is 1. The van der Waals surface area contributed by atoms with Crippen LogP contribution in [0.1, 0.15) is 28.9 Å². The largest absolute Gasteiger partial charge is 0.497 e. The van der Waals surface area contributed by atoms with Crippen LogP contribution in [0.25, 0.3) is 0 Å². The molecular formula is C16H20N4O2. The van der Waals surface area contributed by atoms with Gasteiger partial charge in [-0.15, -0.1) is 0 Å². The molecule has 0 radical (unpaired) electrons. The van der Waals surface area contributed by atoms with Crippen molar-refractivity contribution in [1.82, 2.24) is 15.6 Å². The van der Waals surface area contributed by atoms with Crippen LogP contribution in [0.4, 0.5) is 0 Å². The molecular weight excluding hydrogens is 280 g/mol. The Labute approximate surface area is 129 Å². The van der Waals surface area contributed by atoms with E-state index in [1.54, 1.807) is 13.3 Å². The third-order valence-electron chi connectivity index (χ3n) is 3.40. The van der Waals surface area contributed by atoms with Crippen LogP contribution in [0.2, 0.25) is 0 Å². The van der Waals surface area contributed by atoms with E-state index >= 15 is 0 Å². The summed E-state index contributed by atoms with van der Waals surface area (Å²) in [6.45, 7) is 3.88. The van der Waals surface area contributed by atoms with Crippen LogP contribution in [0.15, 0.2) is 29.4 Å². The van der Waals surface area contributed by atoms with Crippen LogP contribution in [0.3, 0.4) is 0 Å². The van der Waals surface area contributed by atoms with E-state index in [0.29, 0.717) is 12.8 Å². The van der Waals surface area contributed by atoms with Gasteiger partial charge in [-0.1, -0.05) is 0 Å². The normalized spacial score (nSPS) is 10.9. The maximum Gasteiger partial charge on any atom is 0.240 e. The molecule has 2 aromatic rings. The Hall–Kier alpha value is -2.63. The quantitative estimate of drug-likeness (QED) is 0.633. The third kappa shape index (κ3) is 4.18.